The van der Waals surface area contributed by atoms with Crippen molar-refractivity contribution < 1.29 is 18.8 Å². The molecule has 0 fully saturated rings. The Morgan fingerprint density at radius 1 is 1.24 bits per heavy atom. The molecule has 0 aliphatic carbocycles. The van der Waals surface area contributed by atoms with Crippen LogP contribution in [0.5, 0.6) is 5.75 Å². The zero-order valence-electron chi connectivity index (χ0n) is 15.4. The summed E-state index contributed by atoms with van der Waals surface area (Å²) in [4.78, 5) is 35.3. The van der Waals surface area contributed by atoms with Crippen LogP contribution in [0.25, 0.3) is 5.69 Å². The van der Waals surface area contributed by atoms with Crippen molar-refractivity contribution in [1.82, 2.24) is 9.78 Å². The van der Waals surface area contributed by atoms with Crippen LogP contribution in [0.2, 0.25) is 0 Å². The van der Waals surface area contributed by atoms with Crippen molar-refractivity contribution in [2.45, 2.75) is 6.92 Å². The van der Waals surface area contributed by atoms with Gasteiger partial charge < -0.3 is 10.1 Å². The molecule has 29 heavy (non-hydrogen) atoms. The van der Waals surface area contributed by atoms with Crippen LogP contribution in [0.4, 0.5) is 15.8 Å². The predicted molar refractivity (Wildman–Crippen MR) is 102 cm³/mol. The zero-order valence-corrected chi connectivity index (χ0v) is 15.4. The maximum atomic E-state index is 14.1. The Hall–Kier alpha value is -4.08. The standard InChI is InChI=1S/C19H15FN4O5/c1-11-9-16(25)18(22-23(11)15-6-4-3-5-13(15)20)19(26)21-14-10-12(24(27)28)7-8-17(14)29-2/h3-10H,1-2H3,(H,21,26). The summed E-state index contributed by atoms with van der Waals surface area (Å²) in [5.41, 5.74) is -1.09. The third-order valence-corrected chi connectivity index (χ3v) is 4.05. The number of aromatic nitrogens is 2. The van der Waals surface area contributed by atoms with E-state index in [1.54, 1.807) is 13.0 Å². The molecule has 3 aromatic rings. The lowest BCUT2D eigenvalue weighted by molar-refractivity contribution is -0.384. The number of hydrogen-bond donors (Lipinski definition) is 1. The number of benzene rings is 2. The molecule has 1 N–H and O–H groups in total. The SMILES string of the molecule is COc1ccc([N+](=O)[O-])cc1NC(=O)c1nn(-c2ccccc2F)c(C)cc1=O. The second-order valence-corrected chi connectivity index (χ2v) is 5.96. The molecule has 0 bridgehead atoms. The molecule has 0 atom stereocenters. The molecule has 0 spiro atoms. The molecule has 3 rings (SSSR count). The molecule has 0 aliphatic heterocycles. The molecule has 2 aromatic carbocycles. The van der Waals surface area contributed by atoms with Crippen LogP contribution in [0.3, 0.4) is 0 Å². The number of anilines is 1. The smallest absolute Gasteiger partial charge is 0.280 e. The molecule has 0 saturated heterocycles. The van der Waals surface area contributed by atoms with Crippen LogP contribution in [0.15, 0.2) is 53.3 Å². The lowest BCUT2D eigenvalue weighted by atomic mass is 10.2. The van der Waals surface area contributed by atoms with Gasteiger partial charge in [0.15, 0.2) is 5.69 Å². The van der Waals surface area contributed by atoms with E-state index in [0.717, 1.165) is 16.8 Å². The lowest BCUT2D eigenvalue weighted by Gasteiger charge is -2.13. The van der Waals surface area contributed by atoms with E-state index in [0.29, 0.717) is 5.69 Å². The molecular formula is C19H15FN4O5. The van der Waals surface area contributed by atoms with E-state index in [1.165, 1.54) is 37.4 Å². The average Bonchev–Trinajstić information content (AvgIpc) is 2.68. The van der Waals surface area contributed by atoms with Gasteiger partial charge in [-0.05, 0) is 25.1 Å². The van der Waals surface area contributed by atoms with E-state index in [9.17, 15) is 24.1 Å². The van der Waals surface area contributed by atoms with Crippen LogP contribution in [0, 0.1) is 22.9 Å². The highest BCUT2D eigenvalue weighted by atomic mass is 19.1. The fourth-order valence-electron chi connectivity index (χ4n) is 2.66. The van der Waals surface area contributed by atoms with Crippen molar-refractivity contribution in [3.8, 4) is 11.4 Å². The number of aryl methyl sites for hydroxylation is 1. The van der Waals surface area contributed by atoms with Gasteiger partial charge in [0.1, 0.15) is 17.3 Å². The number of nitrogens with one attached hydrogen (secondary N) is 1. The van der Waals surface area contributed by atoms with Crippen molar-refractivity contribution in [3.05, 3.63) is 86.1 Å². The highest BCUT2D eigenvalue weighted by molar-refractivity contribution is 6.03. The molecule has 1 aromatic heterocycles. The third-order valence-electron chi connectivity index (χ3n) is 4.05. The number of carbonyl (C=O) groups excluding carboxylic acids is 1. The van der Waals surface area contributed by atoms with Crippen LogP contribution in [0.1, 0.15) is 16.2 Å². The number of rotatable bonds is 5. The van der Waals surface area contributed by atoms with E-state index in [-0.39, 0.29) is 22.8 Å². The van der Waals surface area contributed by atoms with Crippen molar-refractivity contribution in [1.29, 1.82) is 0 Å². The molecule has 1 heterocycles. The maximum Gasteiger partial charge on any atom is 0.280 e. The predicted octanol–water partition coefficient (Wildman–Crippen LogP) is 2.85. The van der Waals surface area contributed by atoms with Gasteiger partial charge in [-0.15, -0.1) is 0 Å². The second-order valence-electron chi connectivity index (χ2n) is 5.96. The zero-order chi connectivity index (χ0) is 21.1. The summed E-state index contributed by atoms with van der Waals surface area (Å²) in [7, 11) is 1.33. The highest BCUT2D eigenvalue weighted by Crippen LogP contribution is 2.29. The summed E-state index contributed by atoms with van der Waals surface area (Å²) >= 11 is 0. The van der Waals surface area contributed by atoms with Gasteiger partial charge in [-0.25, -0.2) is 9.07 Å². The van der Waals surface area contributed by atoms with Crippen LogP contribution < -0.4 is 15.5 Å². The fraction of sp³-hybridized carbons (Fsp3) is 0.105. The Morgan fingerprint density at radius 3 is 2.62 bits per heavy atom. The van der Waals surface area contributed by atoms with E-state index >= 15 is 0 Å². The first-order valence-corrected chi connectivity index (χ1v) is 8.31. The molecule has 10 heteroatoms. The number of halogens is 1. The number of nitro benzene ring substituents is 1. The van der Waals surface area contributed by atoms with Gasteiger partial charge in [0.05, 0.1) is 17.7 Å². The van der Waals surface area contributed by atoms with Crippen molar-refractivity contribution >= 4 is 17.3 Å². The monoisotopic (exact) mass is 398 g/mol. The number of nitro groups is 1. The van der Waals surface area contributed by atoms with Gasteiger partial charge in [-0.1, -0.05) is 12.1 Å². The fourth-order valence-corrected chi connectivity index (χ4v) is 2.66. The summed E-state index contributed by atoms with van der Waals surface area (Å²) in [5.74, 6) is -1.34. The topological polar surface area (TPSA) is 116 Å². The first-order valence-electron chi connectivity index (χ1n) is 8.31. The number of nitrogens with zero attached hydrogens (tertiary/aromatic N) is 3. The van der Waals surface area contributed by atoms with Crippen molar-refractivity contribution in [2.24, 2.45) is 0 Å². The molecular weight excluding hydrogens is 383 g/mol. The highest BCUT2D eigenvalue weighted by Gasteiger charge is 2.19. The van der Waals surface area contributed by atoms with E-state index in [2.05, 4.69) is 10.4 Å². The molecule has 0 radical (unpaired) electrons. The normalized spacial score (nSPS) is 10.4. The van der Waals surface area contributed by atoms with E-state index < -0.39 is 27.8 Å². The van der Waals surface area contributed by atoms with Gasteiger partial charge in [0.2, 0.25) is 5.43 Å². The van der Waals surface area contributed by atoms with E-state index in [1.807, 2.05) is 0 Å². The minimum absolute atomic E-state index is 0.00841. The molecule has 148 valence electrons. The Morgan fingerprint density at radius 2 is 1.97 bits per heavy atom. The van der Waals surface area contributed by atoms with Gasteiger partial charge in [-0.3, -0.25) is 19.7 Å². The molecule has 1 amide bonds. The Balaban J connectivity index is 2.04. The minimum Gasteiger partial charge on any atom is -0.495 e. The number of ether oxygens (including phenoxy) is 1. The Labute approximate surface area is 163 Å². The quantitative estimate of drug-likeness (QED) is 0.522. The largest absolute Gasteiger partial charge is 0.495 e. The first kappa shape index (κ1) is 19.7. The Bertz CT molecular complexity index is 1180. The summed E-state index contributed by atoms with van der Waals surface area (Å²) in [6.07, 6.45) is 0. The number of carbonyl (C=O) groups is 1. The van der Waals surface area contributed by atoms with Crippen molar-refractivity contribution in [3.63, 3.8) is 0 Å². The third kappa shape index (κ3) is 3.95. The summed E-state index contributed by atoms with van der Waals surface area (Å²) in [5, 5.41) is 17.4. The number of hydrogen-bond acceptors (Lipinski definition) is 6. The molecule has 0 aliphatic rings. The minimum atomic E-state index is -0.918. The van der Waals surface area contributed by atoms with Gasteiger partial charge in [-0.2, -0.15) is 5.10 Å². The number of para-hydroxylation sites is 1. The van der Waals surface area contributed by atoms with Crippen molar-refractivity contribution in [2.75, 3.05) is 12.4 Å². The maximum absolute atomic E-state index is 14.1. The lowest BCUT2D eigenvalue weighted by Crippen LogP contribution is -2.27. The molecule has 0 saturated carbocycles. The van der Waals surface area contributed by atoms with Gasteiger partial charge in [0, 0.05) is 23.9 Å². The van der Waals surface area contributed by atoms with Gasteiger partial charge in [0.25, 0.3) is 11.6 Å². The molecule has 9 nitrogen and oxygen atoms in total. The average molecular weight is 398 g/mol. The van der Waals surface area contributed by atoms with Crippen LogP contribution in [-0.4, -0.2) is 27.7 Å². The first-order chi connectivity index (χ1) is 13.8. The van der Waals surface area contributed by atoms with E-state index in [4.69, 9.17) is 4.74 Å². The number of amides is 1. The molecule has 0 unspecified atom stereocenters. The number of non-ortho nitro benzene ring substituents is 1. The Kier molecular flexibility index (Phi) is 5.35. The van der Waals surface area contributed by atoms with Gasteiger partial charge >= 0.3 is 0 Å². The number of methoxy groups -OCH3 is 1. The van der Waals surface area contributed by atoms with Crippen LogP contribution >= 0.6 is 0 Å². The second kappa shape index (κ2) is 7.89. The summed E-state index contributed by atoms with van der Waals surface area (Å²) < 4.78 is 20.4. The summed E-state index contributed by atoms with van der Waals surface area (Å²) in [6.45, 7) is 1.55. The summed E-state index contributed by atoms with van der Waals surface area (Å²) in [6, 6.07) is 10.5. The van der Waals surface area contributed by atoms with Crippen LogP contribution in [-0.2, 0) is 0 Å².